The molecule has 2 saturated heterocycles. The molecule has 2 amide bonds. The van der Waals surface area contributed by atoms with Crippen LogP contribution in [-0.2, 0) is 29.3 Å². The molecule has 3 N–H and O–H groups in total. The van der Waals surface area contributed by atoms with Crippen molar-refractivity contribution in [2.24, 2.45) is 28.8 Å². The molecule has 4 rings (SSSR count). The van der Waals surface area contributed by atoms with Crippen LogP contribution >= 0.6 is 0 Å². The summed E-state index contributed by atoms with van der Waals surface area (Å²) >= 11 is 0. The van der Waals surface area contributed by atoms with Gasteiger partial charge >= 0.3 is 11.9 Å². The summed E-state index contributed by atoms with van der Waals surface area (Å²) < 4.78 is 29.4. The molecule has 0 radical (unpaired) electrons. The number of amides is 2. The lowest BCUT2D eigenvalue weighted by molar-refractivity contribution is -0.384. The van der Waals surface area contributed by atoms with Gasteiger partial charge < -0.3 is 9.64 Å². The van der Waals surface area contributed by atoms with Crippen LogP contribution in [-0.4, -0.2) is 72.6 Å². The van der Waals surface area contributed by atoms with Crippen molar-refractivity contribution in [3.63, 3.8) is 0 Å². The van der Waals surface area contributed by atoms with Crippen LogP contribution in [0.5, 0.6) is 0 Å². The van der Waals surface area contributed by atoms with Gasteiger partial charge in [-0.2, -0.15) is 8.42 Å². The lowest BCUT2D eigenvalue weighted by Crippen LogP contribution is -2.62. The van der Waals surface area contributed by atoms with Gasteiger partial charge in [0.05, 0.1) is 28.4 Å². The van der Waals surface area contributed by atoms with E-state index in [1.807, 2.05) is 25.7 Å². The Morgan fingerprint density at radius 3 is 2.41 bits per heavy atom. The molecule has 3 aliphatic heterocycles. The molecule has 0 saturated carbocycles. The highest BCUT2D eigenvalue weighted by Crippen LogP contribution is 2.49. The van der Waals surface area contributed by atoms with Crippen LogP contribution in [0, 0.1) is 33.8 Å². The first kappa shape index (κ1) is 28.3. The number of β-lactam (4-membered cyclic amide) rings is 1. The van der Waals surface area contributed by atoms with E-state index in [9.17, 15) is 37.7 Å². The Morgan fingerprint density at radius 2 is 1.85 bits per heavy atom. The SMILES string of the molecule is CC(C)[C@H]1C(=O)N2C(C(=O)OC(=O)c3ccc([N+](=O)[O-])cc3)=C(CN3CC[C@H](C(=O)NS(N)(=O)=O)C3)[C@H](C)[C@H]12. The number of nitrogens with one attached hydrogen (secondary N) is 1. The number of nitrogens with zero attached hydrogens (tertiary/aromatic N) is 3. The Morgan fingerprint density at radius 1 is 1.21 bits per heavy atom. The van der Waals surface area contributed by atoms with Crippen LogP contribution < -0.4 is 9.86 Å². The predicted octanol–water partition coefficient (Wildman–Crippen LogP) is 0.307. The summed E-state index contributed by atoms with van der Waals surface area (Å²) in [7, 11) is -4.20. The number of fused-ring (bicyclic) bond motifs is 1. The van der Waals surface area contributed by atoms with Gasteiger partial charge in [-0.15, -0.1) is 0 Å². The van der Waals surface area contributed by atoms with Gasteiger partial charge in [-0.25, -0.2) is 19.5 Å². The Hall–Kier alpha value is -3.69. The van der Waals surface area contributed by atoms with E-state index < -0.39 is 38.9 Å². The number of hydrogen-bond donors (Lipinski definition) is 2. The van der Waals surface area contributed by atoms with E-state index in [4.69, 9.17) is 9.88 Å². The predicted molar refractivity (Wildman–Crippen MR) is 134 cm³/mol. The van der Waals surface area contributed by atoms with Gasteiger partial charge in [-0.3, -0.25) is 24.6 Å². The van der Waals surface area contributed by atoms with Crippen LogP contribution in [0.25, 0.3) is 0 Å². The second-order valence-electron chi connectivity index (χ2n) is 10.3. The monoisotopic (exact) mass is 563 g/mol. The molecular formula is C24H29N5O9S. The van der Waals surface area contributed by atoms with Crippen molar-refractivity contribution >= 4 is 39.6 Å². The number of carbonyl (C=O) groups excluding carboxylic acids is 4. The first-order valence-electron chi connectivity index (χ1n) is 12.3. The van der Waals surface area contributed by atoms with Crippen LogP contribution in [0.15, 0.2) is 35.5 Å². The fourth-order valence-electron chi connectivity index (χ4n) is 5.60. The molecule has 1 aromatic rings. The van der Waals surface area contributed by atoms with Crippen molar-refractivity contribution < 1.29 is 37.3 Å². The second kappa shape index (κ2) is 10.5. The largest absolute Gasteiger partial charge is 0.385 e. The number of carbonyl (C=O) groups is 4. The Labute approximate surface area is 224 Å². The van der Waals surface area contributed by atoms with E-state index in [1.165, 1.54) is 17.0 Å². The van der Waals surface area contributed by atoms with E-state index >= 15 is 0 Å². The van der Waals surface area contributed by atoms with Crippen LogP contribution in [0.1, 0.15) is 37.6 Å². The summed E-state index contributed by atoms with van der Waals surface area (Å²) in [5, 5.41) is 15.8. The Balaban J connectivity index is 1.56. The average molecular weight is 564 g/mol. The molecule has 3 aliphatic rings. The van der Waals surface area contributed by atoms with Crippen molar-refractivity contribution in [2.75, 3.05) is 19.6 Å². The molecule has 0 unspecified atom stereocenters. The van der Waals surface area contributed by atoms with Gasteiger partial charge in [-0.1, -0.05) is 20.8 Å². The molecule has 210 valence electrons. The van der Waals surface area contributed by atoms with Gasteiger partial charge in [0.15, 0.2) is 0 Å². The third-order valence-corrected chi connectivity index (χ3v) is 7.97. The van der Waals surface area contributed by atoms with Gasteiger partial charge in [0, 0.05) is 31.1 Å². The number of esters is 2. The highest BCUT2D eigenvalue weighted by Gasteiger charge is 2.59. The first-order chi connectivity index (χ1) is 18.2. The molecular weight excluding hydrogens is 534 g/mol. The van der Waals surface area contributed by atoms with Crippen molar-refractivity contribution in [3.05, 3.63) is 51.2 Å². The van der Waals surface area contributed by atoms with Crippen molar-refractivity contribution in [2.45, 2.75) is 33.2 Å². The highest BCUT2D eigenvalue weighted by molar-refractivity contribution is 7.87. The van der Waals surface area contributed by atoms with Gasteiger partial charge in [-0.05, 0) is 36.6 Å². The number of non-ortho nitro benzene ring substituents is 1. The Kier molecular flexibility index (Phi) is 7.60. The Bertz CT molecular complexity index is 1370. The third-order valence-electron chi connectivity index (χ3n) is 7.49. The molecule has 14 nitrogen and oxygen atoms in total. The quantitative estimate of drug-likeness (QED) is 0.146. The molecule has 4 atom stereocenters. The molecule has 1 aromatic carbocycles. The number of nitro groups is 1. The minimum atomic E-state index is -4.20. The number of nitrogens with two attached hydrogens (primary N) is 1. The number of benzene rings is 1. The zero-order valence-electron chi connectivity index (χ0n) is 21.5. The van der Waals surface area contributed by atoms with E-state index in [-0.39, 0.29) is 59.7 Å². The lowest BCUT2D eigenvalue weighted by Gasteiger charge is -2.47. The lowest BCUT2D eigenvalue weighted by atomic mass is 9.74. The molecule has 3 heterocycles. The summed E-state index contributed by atoms with van der Waals surface area (Å²) in [6.07, 6.45) is 0.363. The average Bonchev–Trinajstić information content (AvgIpc) is 3.40. The first-order valence-corrected chi connectivity index (χ1v) is 13.9. The van der Waals surface area contributed by atoms with E-state index in [2.05, 4.69) is 0 Å². The molecule has 0 aliphatic carbocycles. The van der Waals surface area contributed by atoms with E-state index in [0.717, 1.165) is 12.1 Å². The number of ether oxygens (including phenoxy) is 1. The summed E-state index contributed by atoms with van der Waals surface area (Å²) in [5.74, 6) is -4.20. The van der Waals surface area contributed by atoms with Crippen molar-refractivity contribution in [3.8, 4) is 0 Å². The smallest absolute Gasteiger partial charge is 0.362 e. The maximum atomic E-state index is 13.3. The molecule has 0 bridgehead atoms. The molecule has 0 aromatic heterocycles. The number of likely N-dealkylation sites (tertiary alicyclic amines) is 1. The van der Waals surface area contributed by atoms with Gasteiger partial charge in [0.1, 0.15) is 5.70 Å². The van der Waals surface area contributed by atoms with Crippen LogP contribution in [0.2, 0.25) is 0 Å². The molecule has 15 heteroatoms. The van der Waals surface area contributed by atoms with Crippen LogP contribution in [0.3, 0.4) is 0 Å². The third kappa shape index (κ3) is 5.55. The minimum absolute atomic E-state index is 0.0117. The zero-order chi connectivity index (χ0) is 28.8. The van der Waals surface area contributed by atoms with E-state index in [0.29, 0.717) is 18.5 Å². The maximum Gasteiger partial charge on any atom is 0.362 e. The molecule has 2 fully saturated rings. The fourth-order valence-corrected chi connectivity index (χ4v) is 6.04. The summed E-state index contributed by atoms with van der Waals surface area (Å²) in [6, 6.07) is 4.27. The zero-order valence-corrected chi connectivity index (χ0v) is 22.3. The molecule has 39 heavy (non-hydrogen) atoms. The number of rotatable bonds is 8. The van der Waals surface area contributed by atoms with Crippen molar-refractivity contribution in [1.82, 2.24) is 14.5 Å². The fraction of sp³-hybridized carbons (Fsp3) is 0.500. The summed E-state index contributed by atoms with van der Waals surface area (Å²) in [6.45, 7) is 6.53. The second-order valence-corrected chi connectivity index (χ2v) is 11.6. The summed E-state index contributed by atoms with van der Waals surface area (Å²) in [5.41, 5.74) is 0.243. The molecule has 0 spiro atoms. The number of hydrogen-bond acceptors (Lipinski definition) is 10. The van der Waals surface area contributed by atoms with Crippen LogP contribution in [0.4, 0.5) is 5.69 Å². The topological polar surface area (TPSA) is 199 Å². The van der Waals surface area contributed by atoms with Gasteiger partial charge in [0.2, 0.25) is 11.8 Å². The number of nitro benzene ring substituents is 1. The highest BCUT2D eigenvalue weighted by atomic mass is 32.2. The normalized spacial score (nSPS) is 24.9. The summed E-state index contributed by atoms with van der Waals surface area (Å²) in [4.78, 5) is 64.8. The minimum Gasteiger partial charge on any atom is -0.385 e. The van der Waals surface area contributed by atoms with Gasteiger partial charge in [0.25, 0.3) is 15.9 Å². The van der Waals surface area contributed by atoms with E-state index in [1.54, 1.807) is 4.72 Å². The standard InChI is InChI=1S/C24H29N5O9S/c1-12(2)18-19-13(3)17(11-27-9-8-15(10-27)21(30)26-39(25,36)37)20(28(19)22(18)31)24(33)38-23(32)14-4-6-16(7-5-14)29(34)35/h4-7,12-13,15,18-19H,8-11H2,1-3H3,(H,26,30)(H2,25,36,37)/t13-,15-,18+,19+/m0/s1. The van der Waals surface area contributed by atoms with Crippen molar-refractivity contribution in [1.29, 1.82) is 0 Å². The maximum absolute atomic E-state index is 13.3.